The van der Waals surface area contributed by atoms with Gasteiger partial charge < -0.3 is 10.5 Å². The van der Waals surface area contributed by atoms with E-state index in [1.807, 2.05) is 18.7 Å². The molecular weight excluding hydrogens is 294 g/mol. The van der Waals surface area contributed by atoms with Crippen molar-refractivity contribution in [1.82, 2.24) is 9.78 Å². The van der Waals surface area contributed by atoms with Crippen molar-refractivity contribution >= 4 is 15.9 Å². The average Bonchev–Trinajstić information content (AvgIpc) is 2.59. The molecule has 0 radical (unpaired) electrons. The third kappa shape index (κ3) is 2.78. The van der Waals surface area contributed by atoms with Gasteiger partial charge in [0.2, 0.25) is 0 Å². The van der Waals surface area contributed by atoms with Crippen LogP contribution in [-0.2, 0) is 18.2 Å². The Kier molecular flexibility index (Phi) is 5.37. The van der Waals surface area contributed by atoms with Crippen LogP contribution in [0.4, 0.5) is 0 Å². The Bertz CT molecular complexity index is 391. The topological polar surface area (TPSA) is 53.1 Å². The quantitative estimate of drug-likeness (QED) is 0.877. The number of nitrogens with zero attached hydrogens (tertiary/aromatic N) is 2. The normalized spacial score (nSPS) is 13.9. The molecule has 1 heterocycles. The Morgan fingerprint density at radius 2 is 2.00 bits per heavy atom. The number of halogens is 1. The summed E-state index contributed by atoms with van der Waals surface area (Å²) in [6.45, 7) is 6.23. The molecule has 18 heavy (non-hydrogen) atoms. The Morgan fingerprint density at radius 3 is 2.33 bits per heavy atom. The smallest absolute Gasteiger partial charge is 0.0827 e. The molecule has 0 bridgehead atoms. The molecule has 1 aromatic rings. The second kappa shape index (κ2) is 6.17. The molecule has 0 spiro atoms. The van der Waals surface area contributed by atoms with Gasteiger partial charge in [-0.25, -0.2) is 0 Å². The molecule has 0 saturated carbocycles. The number of aromatic nitrogens is 2. The van der Waals surface area contributed by atoms with Crippen LogP contribution in [-0.4, -0.2) is 28.5 Å². The predicted octanol–water partition coefficient (Wildman–Crippen LogP) is 2.57. The Balaban J connectivity index is 2.96. The van der Waals surface area contributed by atoms with Crippen molar-refractivity contribution in [3.63, 3.8) is 0 Å². The summed E-state index contributed by atoms with van der Waals surface area (Å²) < 4.78 is 8.63. The Morgan fingerprint density at radius 1 is 1.44 bits per heavy atom. The lowest BCUT2D eigenvalue weighted by atomic mass is 9.86. The van der Waals surface area contributed by atoms with E-state index in [4.69, 9.17) is 10.5 Å². The maximum absolute atomic E-state index is 6.38. The minimum absolute atomic E-state index is 0.0383. The van der Waals surface area contributed by atoms with E-state index in [0.29, 0.717) is 0 Å². The predicted molar refractivity (Wildman–Crippen MR) is 77.6 cm³/mol. The summed E-state index contributed by atoms with van der Waals surface area (Å²) in [7, 11) is 3.70. The fourth-order valence-electron chi connectivity index (χ4n) is 2.51. The first-order valence-corrected chi connectivity index (χ1v) is 7.19. The van der Waals surface area contributed by atoms with E-state index in [0.717, 1.165) is 35.1 Å². The molecule has 1 unspecified atom stereocenters. The zero-order valence-electron chi connectivity index (χ0n) is 12.0. The van der Waals surface area contributed by atoms with Crippen LogP contribution in [0.1, 0.15) is 38.1 Å². The average molecular weight is 318 g/mol. The number of hydrogen-bond donors (Lipinski definition) is 1. The summed E-state index contributed by atoms with van der Waals surface area (Å²) in [5, 5.41) is 4.40. The number of nitrogens with two attached hydrogens (primary N) is 1. The fourth-order valence-corrected chi connectivity index (χ4v) is 3.01. The maximum Gasteiger partial charge on any atom is 0.0827 e. The molecule has 4 nitrogen and oxygen atoms in total. The SMILES string of the molecule is CCC(CC)(OC)C(N)Cc1c(Br)c(C)nn1C. The van der Waals surface area contributed by atoms with Crippen molar-refractivity contribution in [3.8, 4) is 0 Å². The highest BCUT2D eigenvalue weighted by Gasteiger charge is 2.34. The van der Waals surface area contributed by atoms with E-state index in [2.05, 4.69) is 34.9 Å². The molecule has 1 atom stereocenters. The molecule has 0 aromatic carbocycles. The van der Waals surface area contributed by atoms with Crippen molar-refractivity contribution in [1.29, 1.82) is 0 Å². The second-order valence-corrected chi connectivity index (χ2v) is 5.55. The van der Waals surface area contributed by atoms with Gasteiger partial charge >= 0.3 is 0 Å². The molecular formula is C13H24BrN3O. The third-order valence-electron chi connectivity index (χ3n) is 3.95. The second-order valence-electron chi connectivity index (χ2n) is 4.76. The first kappa shape index (κ1) is 15.7. The maximum atomic E-state index is 6.38. The molecule has 0 aliphatic rings. The first-order chi connectivity index (χ1) is 8.41. The van der Waals surface area contributed by atoms with Crippen molar-refractivity contribution in [3.05, 3.63) is 15.9 Å². The van der Waals surface area contributed by atoms with Crippen molar-refractivity contribution < 1.29 is 4.74 Å². The van der Waals surface area contributed by atoms with Gasteiger partial charge in [-0.15, -0.1) is 0 Å². The van der Waals surface area contributed by atoms with E-state index < -0.39 is 0 Å². The van der Waals surface area contributed by atoms with Crippen molar-refractivity contribution in [2.45, 2.75) is 51.7 Å². The molecule has 2 N–H and O–H groups in total. The first-order valence-electron chi connectivity index (χ1n) is 6.40. The van der Waals surface area contributed by atoms with Gasteiger partial charge in [-0.1, -0.05) is 13.8 Å². The van der Waals surface area contributed by atoms with Crippen LogP contribution in [0.3, 0.4) is 0 Å². The monoisotopic (exact) mass is 317 g/mol. The standard InChI is InChI=1S/C13H24BrN3O/c1-6-13(7-2,18-5)11(15)8-10-12(14)9(3)16-17(10)4/h11H,6-8,15H2,1-5H3. The highest BCUT2D eigenvalue weighted by Crippen LogP contribution is 2.28. The molecule has 1 rings (SSSR count). The summed E-state index contributed by atoms with van der Waals surface area (Å²) in [6.07, 6.45) is 2.58. The van der Waals surface area contributed by atoms with E-state index in [1.54, 1.807) is 7.11 Å². The van der Waals surface area contributed by atoms with Crippen LogP contribution in [0.5, 0.6) is 0 Å². The lowest BCUT2D eigenvalue weighted by molar-refractivity contribution is -0.0378. The van der Waals surface area contributed by atoms with Crippen LogP contribution in [0.15, 0.2) is 4.47 Å². The summed E-state index contributed by atoms with van der Waals surface area (Å²) in [5.41, 5.74) is 8.25. The summed E-state index contributed by atoms with van der Waals surface area (Å²) in [4.78, 5) is 0. The molecule has 0 fully saturated rings. The molecule has 1 aromatic heterocycles. The van der Waals surface area contributed by atoms with Gasteiger partial charge in [-0.05, 0) is 35.7 Å². The Hall–Kier alpha value is -0.390. The number of methoxy groups -OCH3 is 1. The third-order valence-corrected chi connectivity index (χ3v) is 4.99. The van der Waals surface area contributed by atoms with Crippen LogP contribution in [0.25, 0.3) is 0 Å². The van der Waals surface area contributed by atoms with E-state index in [9.17, 15) is 0 Å². The molecule has 0 aliphatic carbocycles. The molecule has 0 aliphatic heterocycles. The van der Waals surface area contributed by atoms with Crippen molar-refractivity contribution in [2.75, 3.05) is 7.11 Å². The van der Waals surface area contributed by atoms with Gasteiger partial charge in [0.15, 0.2) is 0 Å². The zero-order chi connectivity index (χ0) is 13.9. The van der Waals surface area contributed by atoms with Gasteiger partial charge in [-0.2, -0.15) is 5.10 Å². The van der Waals surface area contributed by atoms with Gasteiger partial charge in [0.05, 0.1) is 21.5 Å². The lowest BCUT2D eigenvalue weighted by Gasteiger charge is -2.36. The van der Waals surface area contributed by atoms with Gasteiger partial charge in [0, 0.05) is 26.6 Å². The van der Waals surface area contributed by atoms with Crippen LogP contribution in [0, 0.1) is 6.92 Å². The van der Waals surface area contributed by atoms with Crippen LogP contribution in [0.2, 0.25) is 0 Å². The summed E-state index contributed by atoms with van der Waals surface area (Å²) >= 11 is 3.58. The van der Waals surface area contributed by atoms with Gasteiger partial charge in [0.25, 0.3) is 0 Å². The van der Waals surface area contributed by atoms with Crippen LogP contribution >= 0.6 is 15.9 Å². The number of ether oxygens (including phenoxy) is 1. The molecule has 104 valence electrons. The number of aryl methyl sites for hydroxylation is 2. The minimum atomic E-state index is -0.252. The molecule has 0 amide bonds. The highest BCUT2D eigenvalue weighted by atomic mass is 79.9. The Labute approximate surface area is 118 Å². The number of rotatable bonds is 6. The summed E-state index contributed by atoms with van der Waals surface area (Å²) in [6, 6.07) is -0.0383. The highest BCUT2D eigenvalue weighted by molar-refractivity contribution is 9.10. The number of hydrogen-bond acceptors (Lipinski definition) is 3. The summed E-state index contributed by atoms with van der Waals surface area (Å²) in [5.74, 6) is 0. The van der Waals surface area contributed by atoms with E-state index in [-0.39, 0.29) is 11.6 Å². The minimum Gasteiger partial charge on any atom is -0.377 e. The van der Waals surface area contributed by atoms with Crippen molar-refractivity contribution in [2.24, 2.45) is 12.8 Å². The van der Waals surface area contributed by atoms with E-state index >= 15 is 0 Å². The largest absolute Gasteiger partial charge is 0.377 e. The molecule has 0 saturated heterocycles. The van der Waals surface area contributed by atoms with Crippen LogP contribution < -0.4 is 5.73 Å². The van der Waals surface area contributed by atoms with Gasteiger partial charge in [-0.3, -0.25) is 4.68 Å². The molecule has 5 heteroatoms. The fraction of sp³-hybridized carbons (Fsp3) is 0.769. The van der Waals surface area contributed by atoms with Gasteiger partial charge in [0.1, 0.15) is 0 Å². The zero-order valence-corrected chi connectivity index (χ0v) is 13.5. The van der Waals surface area contributed by atoms with E-state index in [1.165, 1.54) is 0 Å². The lowest BCUT2D eigenvalue weighted by Crippen LogP contribution is -2.50.